The van der Waals surface area contributed by atoms with E-state index >= 15 is 0 Å². The highest BCUT2D eigenvalue weighted by molar-refractivity contribution is 7.18. The number of carboxylic acids is 1. The summed E-state index contributed by atoms with van der Waals surface area (Å²) >= 11 is 1.56. The summed E-state index contributed by atoms with van der Waals surface area (Å²) in [6, 6.07) is 5.49. The van der Waals surface area contributed by atoms with Gasteiger partial charge in [0.1, 0.15) is 6.10 Å². The first-order chi connectivity index (χ1) is 10.0. The molecule has 1 saturated heterocycles. The Kier molecular flexibility index (Phi) is 3.60. The second kappa shape index (κ2) is 5.42. The van der Waals surface area contributed by atoms with Gasteiger partial charge in [-0.3, -0.25) is 4.79 Å². The number of aliphatic carboxylic acids is 1. The summed E-state index contributed by atoms with van der Waals surface area (Å²) in [6.07, 6.45) is -0.803. The minimum absolute atomic E-state index is 0.306. The zero-order chi connectivity index (χ0) is 15.0. The van der Waals surface area contributed by atoms with Crippen LogP contribution < -0.4 is 5.32 Å². The van der Waals surface area contributed by atoms with Gasteiger partial charge in [0.2, 0.25) is 0 Å². The number of ether oxygens (including phenoxy) is 1. The molecule has 7 heteroatoms. The Bertz CT molecular complexity index is 712. The molecule has 2 aromatic rings. The van der Waals surface area contributed by atoms with E-state index in [0.717, 1.165) is 15.2 Å². The highest BCUT2D eigenvalue weighted by atomic mass is 32.1. The Balaban J connectivity index is 1.70. The number of nitrogens with one attached hydrogen (secondary N) is 1. The summed E-state index contributed by atoms with van der Waals surface area (Å²) in [5, 5.41) is 12.6. The quantitative estimate of drug-likeness (QED) is 0.907. The van der Waals surface area contributed by atoms with E-state index in [-0.39, 0.29) is 5.91 Å². The standard InChI is InChI=1S/C14H14N2O4S/c1-7-15-9-3-2-8(6-12(9)21-7)16-13(17)10-4-5-11(20-10)14(18)19/h2-3,6,10-11H,4-5H2,1H3,(H,16,17)(H,18,19). The van der Waals surface area contributed by atoms with Gasteiger partial charge in [-0.1, -0.05) is 0 Å². The molecule has 1 fully saturated rings. The molecule has 1 aliphatic rings. The number of aromatic nitrogens is 1. The van der Waals surface area contributed by atoms with Gasteiger partial charge < -0.3 is 15.2 Å². The van der Waals surface area contributed by atoms with E-state index in [1.54, 1.807) is 17.4 Å². The van der Waals surface area contributed by atoms with Crippen LogP contribution in [0.4, 0.5) is 5.69 Å². The number of nitrogens with zero attached hydrogens (tertiary/aromatic N) is 1. The van der Waals surface area contributed by atoms with Gasteiger partial charge in [0.25, 0.3) is 5.91 Å². The van der Waals surface area contributed by atoms with Gasteiger partial charge in [0.15, 0.2) is 6.10 Å². The maximum Gasteiger partial charge on any atom is 0.332 e. The summed E-state index contributed by atoms with van der Waals surface area (Å²) < 4.78 is 6.23. The highest BCUT2D eigenvalue weighted by Gasteiger charge is 2.34. The molecule has 1 aromatic heterocycles. The van der Waals surface area contributed by atoms with Crippen LogP contribution in [0.15, 0.2) is 18.2 Å². The molecule has 110 valence electrons. The summed E-state index contributed by atoms with van der Waals surface area (Å²) in [5.41, 5.74) is 1.57. The molecule has 2 heterocycles. The number of hydrogen-bond donors (Lipinski definition) is 2. The largest absolute Gasteiger partial charge is 0.479 e. The van der Waals surface area contributed by atoms with Crippen LogP contribution in [0, 0.1) is 6.92 Å². The highest BCUT2D eigenvalue weighted by Crippen LogP contribution is 2.26. The number of thiazole rings is 1. The van der Waals surface area contributed by atoms with Crippen molar-refractivity contribution in [3.63, 3.8) is 0 Å². The minimum Gasteiger partial charge on any atom is -0.479 e. The molecule has 0 radical (unpaired) electrons. The maximum absolute atomic E-state index is 12.1. The molecule has 2 unspecified atom stereocenters. The van der Waals surface area contributed by atoms with Gasteiger partial charge in [-0.15, -0.1) is 11.3 Å². The van der Waals surface area contributed by atoms with Crippen molar-refractivity contribution >= 4 is 39.1 Å². The SMILES string of the molecule is Cc1nc2ccc(NC(=O)C3CCC(C(=O)O)O3)cc2s1. The number of benzene rings is 1. The topological polar surface area (TPSA) is 88.5 Å². The minimum atomic E-state index is -1.02. The van der Waals surface area contributed by atoms with Crippen LogP contribution in [-0.4, -0.2) is 34.2 Å². The van der Waals surface area contributed by atoms with E-state index in [1.165, 1.54) is 0 Å². The van der Waals surface area contributed by atoms with Crippen molar-refractivity contribution in [3.8, 4) is 0 Å². The fourth-order valence-corrected chi connectivity index (χ4v) is 3.22. The van der Waals surface area contributed by atoms with Crippen molar-refractivity contribution < 1.29 is 19.4 Å². The zero-order valence-corrected chi connectivity index (χ0v) is 12.1. The second-order valence-electron chi connectivity index (χ2n) is 4.93. The summed E-state index contributed by atoms with van der Waals surface area (Å²) in [7, 11) is 0. The predicted molar refractivity (Wildman–Crippen MR) is 78.5 cm³/mol. The number of carbonyl (C=O) groups excluding carboxylic acids is 1. The number of fused-ring (bicyclic) bond motifs is 1. The van der Waals surface area contributed by atoms with Gasteiger partial charge in [0, 0.05) is 5.69 Å². The van der Waals surface area contributed by atoms with E-state index < -0.39 is 18.2 Å². The number of amides is 1. The lowest BCUT2D eigenvalue weighted by Crippen LogP contribution is -2.29. The Morgan fingerprint density at radius 3 is 2.86 bits per heavy atom. The van der Waals surface area contributed by atoms with Crippen LogP contribution in [-0.2, 0) is 14.3 Å². The van der Waals surface area contributed by atoms with E-state index in [4.69, 9.17) is 9.84 Å². The Morgan fingerprint density at radius 2 is 2.14 bits per heavy atom. The Morgan fingerprint density at radius 1 is 1.38 bits per heavy atom. The summed E-state index contributed by atoms with van der Waals surface area (Å²) in [4.78, 5) is 27.3. The fraction of sp³-hybridized carbons (Fsp3) is 0.357. The first-order valence-electron chi connectivity index (χ1n) is 6.59. The van der Waals surface area contributed by atoms with Gasteiger partial charge >= 0.3 is 5.97 Å². The second-order valence-corrected chi connectivity index (χ2v) is 6.17. The van der Waals surface area contributed by atoms with Crippen molar-refractivity contribution in [1.29, 1.82) is 0 Å². The van der Waals surface area contributed by atoms with Crippen molar-refractivity contribution in [1.82, 2.24) is 4.98 Å². The molecular weight excluding hydrogens is 292 g/mol. The third kappa shape index (κ3) is 2.88. The number of carboxylic acid groups (broad SMARTS) is 1. The van der Waals surface area contributed by atoms with Gasteiger partial charge in [-0.05, 0) is 38.0 Å². The van der Waals surface area contributed by atoms with Crippen molar-refractivity contribution in [2.45, 2.75) is 32.0 Å². The van der Waals surface area contributed by atoms with Crippen molar-refractivity contribution in [3.05, 3.63) is 23.2 Å². The molecule has 0 bridgehead atoms. The van der Waals surface area contributed by atoms with E-state index in [1.807, 2.05) is 19.1 Å². The molecule has 0 saturated carbocycles. The molecule has 3 rings (SSSR count). The van der Waals surface area contributed by atoms with Gasteiger partial charge in [-0.2, -0.15) is 0 Å². The van der Waals surface area contributed by atoms with Gasteiger partial charge in [-0.25, -0.2) is 9.78 Å². The molecule has 0 spiro atoms. The molecule has 1 aliphatic heterocycles. The van der Waals surface area contributed by atoms with Crippen LogP contribution in [0.5, 0.6) is 0 Å². The molecule has 6 nitrogen and oxygen atoms in total. The summed E-state index contributed by atoms with van der Waals surface area (Å²) in [6.45, 7) is 1.93. The molecular formula is C14H14N2O4S. The van der Waals surface area contributed by atoms with Crippen LogP contribution in [0.1, 0.15) is 17.8 Å². The average molecular weight is 306 g/mol. The lowest BCUT2D eigenvalue weighted by atomic mass is 10.2. The number of aryl methyl sites for hydroxylation is 1. The lowest BCUT2D eigenvalue weighted by molar-refractivity contribution is -0.150. The normalized spacial score (nSPS) is 21.6. The van der Waals surface area contributed by atoms with Gasteiger partial charge in [0.05, 0.1) is 15.2 Å². The monoisotopic (exact) mass is 306 g/mol. The Hall–Kier alpha value is -1.99. The van der Waals surface area contributed by atoms with E-state index in [2.05, 4.69) is 10.3 Å². The zero-order valence-electron chi connectivity index (χ0n) is 11.3. The molecule has 1 aromatic carbocycles. The summed E-state index contributed by atoms with van der Waals surface area (Å²) in [5.74, 6) is -1.33. The van der Waals surface area contributed by atoms with Crippen molar-refractivity contribution in [2.75, 3.05) is 5.32 Å². The number of carbonyl (C=O) groups is 2. The molecule has 2 N–H and O–H groups in total. The number of anilines is 1. The van der Waals surface area contributed by atoms with Crippen LogP contribution >= 0.6 is 11.3 Å². The van der Waals surface area contributed by atoms with E-state index in [0.29, 0.717) is 18.5 Å². The molecule has 2 atom stereocenters. The third-order valence-electron chi connectivity index (χ3n) is 3.35. The van der Waals surface area contributed by atoms with E-state index in [9.17, 15) is 9.59 Å². The number of rotatable bonds is 3. The lowest BCUT2D eigenvalue weighted by Gasteiger charge is -2.11. The average Bonchev–Trinajstić information content (AvgIpc) is 3.03. The van der Waals surface area contributed by atoms with Crippen molar-refractivity contribution in [2.24, 2.45) is 0 Å². The van der Waals surface area contributed by atoms with Crippen LogP contribution in [0.3, 0.4) is 0 Å². The maximum atomic E-state index is 12.1. The number of hydrogen-bond acceptors (Lipinski definition) is 5. The first-order valence-corrected chi connectivity index (χ1v) is 7.41. The predicted octanol–water partition coefficient (Wildman–Crippen LogP) is 2.18. The molecule has 21 heavy (non-hydrogen) atoms. The molecule has 0 aliphatic carbocycles. The smallest absolute Gasteiger partial charge is 0.332 e. The third-order valence-corrected chi connectivity index (χ3v) is 4.28. The van der Waals surface area contributed by atoms with Crippen LogP contribution in [0.2, 0.25) is 0 Å². The van der Waals surface area contributed by atoms with Crippen LogP contribution in [0.25, 0.3) is 10.2 Å². The molecule has 1 amide bonds. The first kappa shape index (κ1) is 14.0. The Labute approximate surface area is 124 Å². The fourth-order valence-electron chi connectivity index (χ4n) is 2.35.